The number of halogens is 2. The average molecular weight is 336 g/mol. The van der Waals surface area contributed by atoms with Crippen molar-refractivity contribution in [1.29, 1.82) is 0 Å². The number of hydrogen-bond donors (Lipinski definition) is 2. The predicted octanol–water partition coefficient (Wildman–Crippen LogP) is 3.36. The van der Waals surface area contributed by atoms with Crippen molar-refractivity contribution in [2.24, 2.45) is 5.41 Å². The van der Waals surface area contributed by atoms with Crippen molar-refractivity contribution < 1.29 is 14.7 Å². The van der Waals surface area contributed by atoms with Crippen LogP contribution in [0.5, 0.6) is 0 Å². The van der Waals surface area contributed by atoms with E-state index >= 15 is 0 Å². The van der Waals surface area contributed by atoms with E-state index < -0.39 is 11.4 Å². The molecule has 0 aromatic carbocycles. The average Bonchev–Trinajstić information content (AvgIpc) is 3.10. The highest BCUT2D eigenvalue weighted by atomic mass is 35.5. The first-order chi connectivity index (χ1) is 9.43. The van der Waals surface area contributed by atoms with Crippen LogP contribution in [-0.4, -0.2) is 23.5 Å². The summed E-state index contributed by atoms with van der Waals surface area (Å²) in [6, 6.07) is 1.82. The van der Waals surface area contributed by atoms with E-state index in [0.29, 0.717) is 40.8 Å². The number of carbonyl (C=O) groups is 2. The van der Waals surface area contributed by atoms with Crippen molar-refractivity contribution in [3.8, 4) is 0 Å². The number of amides is 1. The molecule has 0 spiro atoms. The van der Waals surface area contributed by atoms with Gasteiger partial charge in [-0.3, -0.25) is 9.59 Å². The van der Waals surface area contributed by atoms with Gasteiger partial charge in [-0.15, -0.1) is 11.3 Å². The molecule has 1 aliphatic rings. The van der Waals surface area contributed by atoms with Crippen LogP contribution in [0.15, 0.2) is 6.07 Å². The van der Waals surface area contributed by atoms with Gasteiger partial charge in [-0.1, -0.05) is 23.2 Å². The molecule has 1 aliphatic carbocycles. The second-order valence-electron chi connectivity index (χ2n) is 5.07. The smallest absolute Gasteiger partial charge is 0.311 e. The minimum atomic E-state index is -0.822. The molecule has 2 rings (SSSR count). The van der Waals surface area contributed by atoms with Crippen LogP contribution >= 0.6 is 34.5 Å². The van der Waals surface area contributed by atoms with Crippen LogP contribution in [0.2, 0.25) is 8.67 Å². The second-order valence-corrected chi connectivity index (χ2v) is 7.35. The molecule has 1 aromatic rings. The van der Waals surface area contributed by atoms with Crippen LogP contribution in [0.1, 0.15) is 31.2 Å². The lowest BCUT2D eigenvalue weighted by Crippen LogP contribution is -2.34. The fraction of sp³-hybridized carbons (Fsp3) is 0.538. The Labute approximate surface area is 131 Å². The summed E-state index contributed by atoms with van der Waals surface area (Å²) in [6.45, 7) is 0.228. The standard InChI is InChI=1S/C13H15Cl2NO3S/c14-9-6-8(11(15)20-9)2-1-3-10(17)16-7-13(4-5-13)12(18)19/h6H,1-5,7H2,(H,16,17)(H,18,19). The Kier molecular flexibility index (Phi) is 4.94. The first-order valence-electron chi connectivity index (χ1n) is 6.37. The van der Waals surface area contributed by atoms with Crippen molar-refractivity contribution in [3.63, 3.8) is 0 Å². The van der Waals surface area contributed by atoms with Gasteiger partial charge in [0.15, 0.2) is 0 Å². The summed E-state index contributed by atoms with van der Waals surface area (Å²) in [4.78, 5) is 22.6. The molecule has 1 aromatic heterocycles. The monoisotopic (exact) mass is 335 g/mol. The van der Waals surface area contributed by atoms with E-state index in [9.17, 15) is 9.59 Å². The number of thiophene rings is 1. The lowest BCUT2D eigenvalue weighted by Gasteiger charge is -2.10. The lowest BCUT2D eigenvalue weighted by atomic mass is 10.1. The summed E-state index contributed by atoms with van der Waals surface area (Å²) in [7, 11) is 0. The Hall–Kier alpha value is -0.780. The summed E-state index contributed by atoms with van der Waals surface area (Å²) in [6.07, 6.45) is 3.01. The third kappa shape index (κ3) is 3.87. The van der Waals surface area contributed by atoms with E-state index in [1.807, 2.05) is 6.07 Å². The fourth-order valence-corrected chi connectivity index (χ4v) is 3.50. The molecule has 7 heteroatoms. The number of carbonyl (C=O) groups excluding carboxylic acids is 1. The van der Waals surface area contributed by atoms with Crippen LogP contribution < -0.4 is 5.32 Å². The maximum atomic E-state index is 11.7. The van der Waals surface area contributed by atoms with Crippen molar-refractivity contribution >= 4 is 46.4 Å². The van der Waals surface area contributed by atoms with E-state index in [-0.39, 0.29) is 12.5 Å². The summed E-state index contributed by atoms with van der Waals surface area (Å²) < 4.78 is 1.31. The number of aryl methyl sites for hydroxylation is 1. The van der Waals surface area contributed by atoms with Gasteiger partial charge in [-0.05, 0) is 37.3 Å². The van der Waals surface area contributed by atoms with Crippen molar-refractivity contribution in [2.75, 3.05) is 6.54 Å². The summed E-state index contributed by atoms with van der Waals surface area (Å²) in [5.74, 6) is -0.938. The molecule has 20 heavy (non-hydrogen) atoms. The molecule has 0 unspecified atom stereocenters. The Bertz CT molecular complexity index is 526. The SMILES string of the molecule is O=C(CCCc1cc(Cl)sc1Cl)NCC1(C(=O)O)CC1. The van der Waals surface area contributed by atoms with Gasteiger partial charge in [-0.25, -0.2) is 0 Å². The molecule has 2 N–H and O–H groups in total. The quantitative estimate of drug-likeness (QED) is 0.802. The van der Waals surface area contributed by atoms with Crippen LogP contribution in [0.25, 0.3) is 0 Å². The van der Waals surface area contributed by atoms with Gasteiger partial charge in [0.1, 0.15) is 0 Å². The number of nitrogens with one attached hydrogen (secondary N) is 1. The van der Waals surface area contributed by atoms with Gasteiger partial charge >= 0.3 is 5.97 Å². The number of carboxylic acid groups (broad SMARTS) is 1. The third-order valence-corrected chi connectivity index (χ3v) is 5.08. The molecule has 1 amide bonds. The lowest BCUT2D eigenvalue weighted by molar-refractivity contribution is -0.143. The molecular weight excluding hydrogens is 321 g/mol. The molecule has 0 radical (unpaired) electrons. The van der Waals surface area contributed by atoms with Gasteiger partial charge < -0.3 is 10.4 Å². The molecule has 0 bridgehead atoms. The highest BCUT2D eigenvalue weighted by Gasteiger charge is 2.50. The van der Waals surface area contributed by atoms with Crippen molar-refractivity contribution in [2.45, 2.75) is 32.1 Å². The van der Waals surface area contributed by atoms with E-state index in [2.05, 4.69) is 5.32 Å². The topological polar surface area (TPSA) is 66.4 Å². The Morgan fingerprint density at radius 1 is 1.40 bits per heavy atom. The minimum Gasteiger partial charge on any atom is -0.481 e. The largest absolute Gasteiger partial charge is 0.481 e. The number of hydrogen-bond acceptors (Lipinski definition) is 3. The molecule has 110 valence electrons. The third-order valence-electron chi connectivity index (χ3n) is 3.51. The van der Waals surface area contributed by atoms with E-state index in [1.54, 1.807) is 0 Å². The zero-order chi connectivity index (χ0) is 14.8. The normalized spacial score (nSPS) is 15.9. The number of carboxylic acids is 1. The summed E-state index contributed by atoms with van der Waals surface area (Å²) >= 11 is 13.2. The zero-order valence-corrected chi connectivity index (χ0v) is 13.1. The van der Waals surface area contributed by atoms with Crippen LogP contribution in [-0.2, 0) is 16.0 Å². The fourth-order valence-electron chi connectivity index (χ4n) is 1.96. The van der Waals surface area contributed by atoms with Gasteiger partial charge in [0.2, 0.25) is 5.91 Å². The first kappa shape index (κ1) is 15.6. The van der Waals surface area contributed by atoms with Crippen LogP contribution in [0.4, 0.5) is 0 Å². The molecule has 4 nitrogen and oxygen atoms in total. The van der Waals surface area contributed by atoms with Crippen molar-refractivity contribution in [1.82, 2.24) is 5.32 Å². The molecule has 0 atom stereocenters. The first-order valence-corrected chi connectivity index (χ1v) is 7.94. The molecule has 0 saturated heterocycles. The molecule has 1 heterocycles. The highest BCUT2D eigenvalue weighted by molar-refractivity contribution is 7.20. The molecule has 0 aliphatic heterocycles. The van der Waals surface area contributed by atoms with E-state index in [4.69, 9.17) is 28.3 Å². The Morgan fingerprint density at radius 2 is 2.10 bits per heavy atom. The van der Waals surface area contributed by atoms with E-state index in [1.165, 1.54) is 11.3 Å². The summed E-state index contributed by atoms with van der Waals surface area (Å²) in [5, 5.41) is 11.7. The number of rotatable bonds is 7. The van der Waals surface area contributed by atoms with Gasteiger partial charge in [0, 0.05) is 13.0 Å². The van der Waals surface area contributed by atoms with Gasteiger partial charge in [0.05, 0.1) is 14.1 Å². The Morgan fingerprint density at radius 3 is 2.60 bits per heavy atom. The summed E-state index contributed by atoms with van der Waals surface area (Å²) in [5.41, 5.74) is 0.249. The van der Waals surface area contributed by atoms with Crippen molar-refractivity contribution in [3.05, 3.63) is 20.3 Å². The molecular formula is C13H15Cl2NO3S. The van der Waals surface area contributed by atoms with Crippen LogP contribution in [0.3, 0.4) is 0 Å². The van der Waals surface area contributed by atoms with Gasteiger partial charge in [0.25, 0.3) is 0 Å². The van der Waals surface area contributed by atoms with Crippen LogP contribution in [0, 0.1) is 5.41 Å². The van der Waals surface area contributed by atoms with E-state index in [0.717, 1.165) is 5.56 Å². The number of aliphatic carboxylic acids is 1. The highest BCUT2D eigenvalue weighted by Crippen LogP contribution is 2.45. The predicted molar refractivity (Wildman–Crippen MR) is 79.6 cm³/mol. The minimum absolute atomic E-state index is 0.116. The maximum Gasteiger partial charge on any atom is 0.311 e. The van der Waals surface area contributed by atoms with Gasteiger partial charge in [-0.2, -0.15) is 0 Å². The zero-order valence-electron chi connectivity index (χ0n) is 10.7. The molecule has 1 saturated carbocycles. The Balaban J connectivity index is 1.68. The maximum absolute atomic E-state index is 11.7. The molecule has 1 fully saturated rings. The second kappa shape index (κ2) is 6.33.